The van der Waals surface area contributed by atoms with Crippen molar-refractivity contribution in [3.63, 3.8) is 0 Å². The van der Waals surface area contributed by atoms with Crippen LogP contribution in [0.5, 0.6) is 0 Å². The van der Waals surface area contributed by atoms with Crippen molar-refractivity contribution in [3.8, 4) is 0 Å². The third kappa shape index (κ3) is 5.04. The second kappa shape index (κ2) is 12.0. The lowest BCUT2D eigenvalue weighted by Gasteiger charge is -2.29. The molecule has 0 amide bonds. The smallest absolute Gasteiger partial charge is 0.0783 e. The molecule has 0 aliphatic rings. The van der Waals surface area contributed by atoms with Crippen molar-refractivity contribution in [2.45, 2.75) is 78.6 Å². The van der Waals surface area contributed by atoms with E-state index in [0.717, 1.165) is 11.4 Å². The van der Waals surface area contributed by atoms with Gasteiger partial charge in [-0.05, 0) is 123 Å². The van der Waals surface area contributed by atoms with Crippen LogP contribution >= 0.6 is 0 Å². The molecule has 0 spiro atoms. The fraction of sp³-hybridized carbons (Fsp3) is 0.207. The van der Waals surface area contributed by atoms with E-state index in [9.17, 15) is 0 Å². The molecular formula is C58H51N3. The molecule has 61 heavy (non-hydrogen) atoms. The molecule has 0 aliphatic carbocycles. The van der Waals surface area contributed by atoms with Gasteiger partial charge in [0.2, 0.25) is 0 Å². The zero-order chi connectivity index (χ0) is 41.9. The maximum absolute atomic E-state index is 2.63. The zero-order valence-corrected chi connectivity index (χ0v) is 36.7. The predicted octanol–water partition coefficient (Wildman–Crippen LogP) is 16.5. The van der Waals surface area contributed by atoms with E-state index in [1.165, 1.54) is 109 Å². The number of hydrogen-bond acceptors (Lipinski definition) is 1. The third-order valence-electron chi connectivity index (χ3n) is 13.7. The molecule has 0 radical (unpaired) electrons. The molecule has 4 aromatic heterocycles. The highest BCUT2D eigenvalue weighted by Crippen LogP contribution is 2.51. The number of benzene rings is 8. The average Bonchev–Trinajstić information content (AvgIpc) is 3.95. The van der Waals surface area contributed by atoms with Crippen molar-refractivity contribution < 1.29 is 0 Å². The monoisotopic (exact) mass is 789 g/mol. The Kier molecular flexibility index (Phi) is 7.16. The van der Waals surface area contributed by atoms with Crippen LogP contribution in [0.4, 0.5) is 17.1 Å². The molecule has 0 N–H and O–H groups in total. The minimum atomic E-state index is -0.0833. The Bertz CT molecular complexity index is 3690. The molecular weight excluding hydrogens is 739 g/mol. The van der Waals surface area contributed by atoms with Crippen LogP contribution in [0.1, 0.15) is 79.0 Å². The molecule has 0 saturated heterocycles. The van der Waals surface area contributed by atoms with Crippen LogP contribution in [-0.4, -0.2) is 8.80 Å². The van der Waals surface area contributed by atoms with Crippen molar-refractivity contribution >= 4 is 104 Å². The largest absolute Gasteiger partial charge is 0.308 e. The van der Waals surface area contributed by atoms with Gasteiger partial charge in [0, 0.05) is 54.5 Å². The average molecular weight is 790 g/mol. The summed E-state index contributed by atoms with van der Waals surface area (Å²) in [6.45, 7) is 21.0. The van der Waals surface area contributed by atoms with Gasteiger partial charge in [-0.1, -0.05) is 129 Å². The second-order valence-electron chi connectivity index (χ2n) is 20.7. The SMILES string of the molecule is CC(C)(C)c1ccc2c(c1)c1cc(C(C)(C)C)cc3c4cc5c(cc4n2c13)c1cc2ccccc2c2c3cc(C(C)(C)C)cc(N(c4ccccc4)c4ccccc4)c3n5c12. The van der Waals surface area contributed by atoms with Gasteiger partial charge < -0.3 is 13.7 Å². The first-order chi connectivity index (χ1) is 29.2. The number of para-hydroxylation sites is 2. The van der Waals surface area contributed by atoms with Gasteiger partial charge in [-0.15, -0.1) is 0 Å². The molecule has 0 aliphatic heterocycles. The van der Waals surface area contributed by atoms with E-state index in [1.54, 1.807) is 0 Å². The molecule has 12 rings (SSSR count). The fourth-order valence-electron chi connectivity index (χ4n) is 10.5. The number of fused-ring (bicyclic) bond motifs is 14. The summed E-state index contributed by atoms with van der Waals surface area (Å²) in [7, 11) is 0. The Morgan fingerprint density at radius 3 is 1.44 bits per heavy atom. The van der Waals surface area contributed by atoms with Crippen molar-refractivity contribution in [1.29, 1.82) is 0 Å². The highest BCUT2D eigenvalue weighted by molar-refractivity contribution is 6.34. The maximum atomic E-state index is 2.63. The third-order valence-corrected chi connectivity index (χ3v) is 13.7. The molecule has 0 bridgehead atoms. The van der Waals surface area contributed by atoms with Crippen LogP contribution in [0, 0.1) is 0 Å². The molecule has 298 valence electrons. The quantitative estimate of drug-likeness (QED) is 0.174. The topological polar surface area (TPSA) is 12.1 Å². The second-order valence-corrected chi connectivity index (χ2v) is 20.7. The van der Waals surface area contributed by atoms with Crippen molar-refractivity contribution in [2.24, 2.45) is 0 Å². The first kappa shape index (κ1) is 36.3. The van der Waals surface area contributed by atoms with E-state index in [4.69, 9.17) is 0 Å². The molecule has 3 heteroatoms. The first-order valence-corrected chi connectivity index (χ1v) is 21.9. The molecule has 12 aromatic rings. The van der Waals surface area contributed by atoms with Gasteiger partial charge in [0.25, 0.3) is 0 Å². The lowest BCUT2D eigenvalue weighted by molar-refractivity contribution is 0.590. The highest BCUT2D eigenvalue weighted by atomic mass is 15.2. The van der Waals surface area contributed by atoms with Crippen LogP contribution in [0.3, 0.4) is 0 Å². The van der Waals surface area contributed by atoms with Crippen LogP contribution in [0.15, 0.2) is 146 Å². The molecule has 8 aromatic carbocycles. The van der Waals surface area contributed by atoms with Crippen LogP contribution < -0.4 is 4.90 Å². The number of aromatic nitrogens is 2. The minimum Gasteiger partial charge on any atom is -0.308 e. The lowest BCUT2D eigenvalue weighted by atomic mass is 9.84. The lowest BCUT2D eigenvalue weighted by Crippen LogP contribution is -2.15. The molecule has 0 saturated carbocycles. The van der Waals surface area contributed by atoms with E-state index in [0.29, 0.717) is 0 Å². The fourth-order valence-corrected chi connectivity index (χ4v) is 10.5. The molecule has 0 fully saturated rings. The first-order valence-electron chi connectivity index (χ1n) is 21.9. The predicted molar refractivity (Wildman–Crippen MR) is 264 cm³/mol. The van der Waals surface area contributed by atoms with E-state index in [1.807, 2.05) is 0 Å². The Labute approximate surface area is 357 Å². The Morgan fingerprint density at radius 2 is 0.836 bits per heavy atom. The summed E-state index contributed by atoms with van der Waals surface area (Å²) in [4.78, 5) is 2.48. The van der Waals surface area contributed by atoms with Gasteiger partial charge >= 0.3 is 0 Å². The summed E-state index contributed by atoms with van der Waals surface area (Å²) in [6.07, 6.45) is 0. The maximum Gasteiger partial charge on any atom is 0.0783 e. The van der Waals surface area contributed by atoms with Gasteiger partial charge in [0.1, 0.15) is 0 Å². The molecule has 3 nitrogen and oxygen atoms in total. The number of anilines is 3. The standard InChI is InChI=1S/C58H51N3/c1-56(2,3)35-24-25-48-41(27-35)45-28-36(57(4,5)6)29-46-43-33-50-42(32-49(43)60(48)53(45)46)44-26-34-18-16-17-23-40(34)52-47-30-37(58(7,8)9)31-51(54(47)61(50)55(44)52)59(38-19-12-10-13-20-38)39-21-14-11-15-22-39/h10-33H,1-9H3. The zero-order valence-electron chi connectivity index (χ0n) is 36.7. The Morgan fingerprint density at radius 1 is 0.344 bits per heavy atom. The molecule has 4 heterocycles. The van der Waals surface area contributed by atoms with Crippen LogP contribution in [0.25, 0.3) is 87.0 Å². The van der Waals surface area contributed by atoms with Crippen molar-refractivity contribution in [1.82, 2.24) is 8.80 Å². The van der Waals surface area contributed by atoms with Crippen LogP contribution in [0.2, 0.25) is 0 Å². The highest BCUT2D eigenvalue weighted by Gasteiger charge is 2.30. The summed E-state index contributed by atoms with van der Waals surface area (Å²) in [6, 6.07) is 55.5. The Balaban J connectivity index is 1.32. The van der Waals surface area contributed by atoms with Gasteiger partial charge in [0.15, 0.2) is 0 Å². The van der Waals surface area contributed by atoms with Gasteiger partial charge in [-0.3, -0.25) is 0 Å². The van der Waals surface area contributed by atoms with E-state index < -0.39 is 0 Å². The summed E-state index contributed by atoms with van der Waals surface area (Å²) in [5.74, 6) is 0. The van der Waals surface area contributed by atoms with Gasteiger partial charge in [0.05, 0.1) is 38.8 Å². The van der Waals surface area contributed by atoms with Gasteiger partial charge in [-0.25, -0.2) is 0 Å². The Hall–Kier alpha value is -6.58. The van der Waals surface area contributed by atoms with Crippen molar-refractivity contribution in [3.05, 3.63) is 162 Å². The normalized spacial score (nSPS) is 13.3. The number of nitrogens with zero attached hydrogens (tertiary/aromatic N) is 3. The number of rotatable bonds is 3. The van der Waals surface area contributed by atoms with E-state index >= 15 is 0 Å². The summed E-state index contributed by atoms with van der Waals surface area (Å²) < 4.78 is 5.21. The van der Waals surface area contributed by atoms with E-state index in [2.05, 4.69) is 222 Å². The van der Waals surface area contributed by atoms with Crippen molar-refractivity contribution in [2.75, 3.05) is 4.90 Å². The summed E-state index contributed by atoms with van der Waals surface area (Å²) in [5.41, 5.74) is 15.1. The molecule has 0 unspecified atom stereocenters. The van der Waals surface area contributed by atoms with E-state index in [-0.39, 0.29) is 16.2 Å². The summed E-state index contributed by atoms with van der Waals surface area (Å²) >= 11 is 0. The minimum absolute atomic E-state index is 0.0165. The van der Waals surface area contributed by atoms with Crippen LogP contribution in [-0.2, 0) is 16.2 Å². The van der Waals surface area contributed by atoms with Gasteiger partial charge in [-0.2, -0.15) is 0 Å². The summed E-state index contributed by atoms with van der Waals surface area (Å²) in [5, 5.41) is 13.1. The molecule has 0 atom stereocenters. The number of hydrogen-bond donors (Lipinski definition) is 0.